The second kappa shape index (κ2) is 4.78. The number of hydrogen-bond donors (Lipinski definition) is 0. The summed E-state index contributed by atoms with van der Waals surface area (Å²) < 4.78 is 39.0. The number of hydrogen-bond acceptors (Lipinski definition) is 2. The van der Waals surface area contributed by atoms with E-state index in [1.165, 1.54) is 23.5 Å². The van der Waals surface area contributed by atoms with Gasteiger partial charge in [-0.2, -0.15) is 18.3 Å². The van der Waals surface area contributed by atoms with Crippen molar-refractivity contribution in [3.63, 3.8) is 0 Å². The minimum absolute atomic E-state index is 0.165. The molecule has 0 aliphatic carbocycles. The van der Waals surface area contributed by atoms with Crippen molar-refractivity contribution in [3.8, 4) is 0 Å². The van der Waals surface area contributed by atoms with Gasteiger partial charge in [-0.05, 0) is 5.75 Å². The highest BCUT2D eigenvalue weighted by Crippen LogP contribution is 2.36. The van der Waals surface area contributed by atoms with Crippen molar-refractivity contribution < 1.29 is 13.2 Å². The van der Waals surface area contributed by atoms with Gasteiger partial charge in [0.15, 0.2) is 5.69 Å². The van der Waals surface area contributed by atoms with Gasteiger partial charge in [0.05, 0.1) is 5.03 Å². The largest absolute Gasteiger partial charge is 0.435 e. The molecule has 1 aromatic rings. The van der Waals surface area contributed by atoms with Crippen LogP contribution in [0.2, 0.25) is 0 Å². The van der Waals surface area contributed by atoms with Gasteiger partial charge < -0.3 is 0 Å². The van der Waals surface area contributed by atoms with Crippen LogP contribution >= 0.6 is 27.7 Å². The zero-order valence-corrected chi connectivity index (χ0v) is 10.6. The zero-order chi connectivity index (χ0) is 11.6. The Hall–Kier alpha value is -0.170. The van der Waals surface area contributed by atoms with Gasteiger partial charge in [0.1, 0.15) is 0 Å². The van der Waals surface area contributed by atoms with Crippen LogP contribution in [0.3, 0.4) is 0 Å². The number of rotatable bonds is 3. The number of alkyl halides is 4. The molecule has 0 radical (unpaired) electrons. The predicted molar refractivity (Wildman–Crippen MR) is 57.2 cm³/mol. The average Bonchev–Trinajstić information content (AvgIpc) is 2.44. The summed E-state index contributed by atoms with van der Waals surface area (Å²) in [6.45, 7) is 1.89. The Morgan fingerprint density at radius 1 is 1.47 bits per heavy atom. The summed E-state index contributed by atoms with van der Waals surface area (Å²) in [7, 11) is 1.53. The molecule has 0 aliphatic rings. The Kier molecular flexibility index (Phi) is 4.11. The molecule has 1 aromatic heterocycles. The van der Waals surface area contributed by atoms with Crippen LogP contribution in [-0.2, 0) is 18.6 Å². The van der Waals surface area contributed by atoms with Crippen LogP contribution in [0.5, 0.6) is 0 Å². The van der Waals surface area contributed by atoms with Crippen molar-refractivity contribution >= 4 is 27.7 Å². The molecule has 0 spiro atoms. The van der Waals surface area contributed by atoms with E-state index in [4.69, 9.17) is 0 Å². The first kappa shape index (κ1) is 12.9. The Balaban J connectivity index is 3.24. The normalized spacial score (nSPS) is 12.1. The third-order valence-corrected chi connectivity index (χ3v) is 3.40. The molecule has 0 saturated heterocycles. The first-order chi connectivity index (χ1) is 6.91. The van der Waals surface area contributed by atoms with Crippen LogP contribution in [0.25, 0.3) is 0 Å². The third kappa shape index (κ3) is 2.69. The fourth-order valence-corrected chi connectivity index (χ4v) is 2.78. The Labute approximate surface area is 98.4 Å². The van der Waals surface area contributed by atoms with Crippen LogP contribution in [0, 0.1) is 0 Å². The van der Waals surface area contributed by atoms with Gasteiger partial charge >= 0.3 is 6.18 Å². The van der Waals surface area contributed by atoms with Crippen LogP contribution in [0.1, 0.15) is 18.2 Å². The van der Waals surface area contributed by atoms with E-state index < -0.39 is 11.9 Å². The molecule has 7 heteroatoms. The summed E-state index contributed by atoms with van der Waals surface area (Å²) in [5.74, 6) is 0.719. The molecule has 0 aromatic carbocycles. The van der Waals surface area contributed by atoms with E-state index >= 15 is 0 Å². The van der Waals surface area contributed by atoms with Crippen LogP contribution in [-0.4, -0.2) is 15.5 Å². The maximum Gasteiger partial charge on any atom is 0.435 e. The van der Waals surface area contributed by atoms with Crippen molar-refractivity contribution in [2.75, 3.05) is 5.75 Å². The first-order valence-electron chi connectivity index (χ1n) is 4.23. The first-order valence-corrected chi connectivity index (χ1v) is 6.34. The van der Waals surface area contributed by atoms with Crippen molar-refractivity contribution in [1.82, 2.24) is 9.78 Å². The van der Waals surface area contributed by atoms with E-state index in [-0.39, 0.29) is 10.9 Å². The molecule has 0 saturated carbocycles. The van der Waals surface area contributed by atoms with Crippen molar-refractivity contribution in [2.45, 2.75) is 23.5 Å². The molecule has 15 heavy (non-hydrogen) atoms. The van der Waals surface area contributed by atoms with Crippen molar-refractivity contribution in [1.29, 1.82) is 0 Å². The van der Waals surface area contributed by atoms with E-state index in [0.29, 0.717) is 5.03 Å². The zero-order valence-electron chi connectivity index (χ0n) is 8.23. The predicted octanol–water partition coefficient (Wildman–Crippen LogP) is 3.45. The van der Waals surface area contributed by atoms with E-state index in [0.717, 1.165) is 5.75 Å². The summed E-state index contributed by atoms with van der Waals surface area (Å²) >= 11 is 4.43. The Morgan fingerprint density at radius 2 is 2.07 bits per heavy atom. The smallest absolute Gasteiger partial charge is 0.261 e. The van der Waals surface area contributed by atoms with Gasteiger partial charge in [-0.1, -0.05) is 22.9 Å². The summed E-state index contributed by atoms with van der Waals surface area (Å²) in [5.41, 5.74) is -0.574. The third-order valence-electron chi connectivity index (χ3n) is 1.77. The number of aryl methyl sites for hydroxylation is 1. The Morgan fingerprint density at radius 3 is 2.47 bits per heavy atom. The van der Waals surface area contributed by atoms with Gasteiger partial charge in [-0.15, -0.1) is 11.8 Å². The van der Waals surface area contributed by atoms with E-state index in [9.17, 15) is 13.2 Å². The average molecular weight is 303 g/mol. The molecule has 0 bridgehead atoms. The highest BCUT2D eigenvalue weighted by atomic mass is 79.9. The van der Waals surface area contributed by atoms with Gasteiger partial charge in [0.2, 0.25) is 0 Å². The van der Waals surface area contributed by atoms with E-state index in [1.54, 1.807) is 0 Å². The van der Waals surface area contributed by atoms with Crippen molar-refractivity contribution in [2.24, 2.45) is 7.05 Å². The number of thioether (sulfide) groups is 1. The fraction of sp³-hybridized carbons (Fsp3) is 0.625. The number of nitrogens with zero attached hydrogens (tertiary/aromatic N) is 2. The lowest BCUT2D eigenvalue weighted by Crippen LogP contribution is -2.08. The summed E-state index contributed by atoms with van der Waals surface area (Å²) in [6.07, 6.45) is -4.38. The minimum atomic E-state index is -4.38. The van der Waals surface area contributed by atoms with Crippen LogP contribution in [0.4, 0.5) is 13.2 Å². The highest BCUT2D eigenvalue weighted by Gasteiger charge is 2.38. The fourth-order valence-electron chi connectivity index (χ4n) is 1.22. The van der Waals surface area contributed by atoms with Gasteiger partial charge in [-0.3, -0.25) is 4.68 Å². The molecular formula is C8H10BrF3N2S. The second-order valence-electron chi connectivity index (χ2n) is 2.82. The molecule has 1 rings (SSSR count). The molecule has 2 nitrogen and oxygen atoms in total. The molecule has 0 fully saturated rings. The lowest BCUT2D eigenvalue weighted by molar-refractivity contribution is -0.141. The molecule has 0 atom stereocenters. The van der Waals surface area contributed by atoms with E-state index in [2.05, 4.69) is 21.0 Å². The van der Waals surface area contributed by atoms with Gasteiger partial charge in [-0.25, -0.2) is 0 Å². The van der Waals surface area contributed by atoms with Crippen molar-refractivity contribution in [3.05, 3.63) is 11.3 Å². The Bertz CT molecular complexity index is 348. The summed E-state index contributed by atoms with van der Waals surface area (Å²) in [4.78, 5) is 0. The minimum Gasteiger partial charge on any atom is -0.261 e. The maximum absolute atomic E-state index is 12.6. The summed E-state index contributed by atoms with van der Waals surface area (Å²) in [5, 5.41) is 4.25. The lowest BCUT2D eigenvalue weighted by atomic mass is 10.3. The van der Waals surface area contributed by atoms with Crippen LogP contribution < -0.4 is 0 Å². The van der Waals surface area contributed by atoms with Gasteiger partial charge in [0.25, 0.3) is 0 Å². The molecule has 0 aliphatic heterocycles. The molecule has 0 unspecified atom stereocenters. The van der Waals surface area contributed by atoms with E-state index in [1.807, 2.05) is 6.92 Å². The monoisotopic (exact) mass is 302 g/mol. The molecule has 1 heterocycles. The molecule has 0 amide bonds. The second-order valence-corrected chi connectivity index (χ2v) is 4.63. The number of aromatic nitrogens is 2. The quantitative estimate of drug-likeness (QED) is 0.629. The van der Waals surface area contributed by atoms with Gasteiger partial charge in [0, 0.05) is 17.9 Å². The summed E-state index contributed by atoms with van der Waals surface area (Å²) in [6, 6.07) is 0. The SMILES string of the molecule is CCSc1c(CBr)c(C(F)(F)F)nn1C. The standard InChI is InChI=1S/C8H10BrF3N2S/c1-3-15-7-5(4-9)6(8(10,11)12)13-14(7)2/h3-4H2,1-2H3. The molecular weight excluding hydrogens is 293 g/mol. The van der Waals surface area contributed by atoms with Crippen LogP contribution in [0.15, 0.2) is 5.03 Å². The lowest BCUT2D eigenvalue weighted by Gasteiger charge is -2.04. The maximum atomic E-state index is 12.6. The number of halogens is 4. The molecule has 0 N–H and O–H groups in total. The highest BCUT2D eigenvalue weighted by molar-refractivity contribution is 9.08. The molecule has 86 valence electrons. The topological polar surface area (TPSA) is 17.8 Å².